The number of aliphatic hydroxyl groups is 1. The van der Waals surface area contributed by atoms with E-state index in [4.69, 9.17) is 4.52 Å². The van der Waals surface area contributed by atoms with Gasteiger partial charge in [-0.2, -0.15) is 0 Å². The molecule has 1 saturated carbocycles. The number of aryl methyl sites for hydroxylation is 1. The van der Waals surface area contributed by atoms with Crippen LogP contribution in [0.3, 0.4) is 0 Å². The highest BCUT2D eigenvalue weighted by Gasteiger charge is 2.37. The third kappa shape index (κ3) is 5.00. The Bertz CT molecular complexity index is 1110. The second-order valence-electron chi connectivity index (χ2n) is 9.96. The number of ketones is 2. The van der Waals surface area contributed by atoms with Crippen LogP contribution in [0.25, 0.3) is 0 Å². The van der Waals surface area contributed by atoms with Gasteiger partial charge in [-0.05, 0) is 29.7 Å². The lowest BCUT2D eigenvalue weighted by Gasteiger charge is -2.27. The molecule has 2 aromatic rings. The molecule has 0 radical (unpaired) electrons. The molecule has 1 heterocycles. The molecule has 174 valence electrons. The number of nitrogens with zero attached hydrogens (tertiary/aromatic N) is 2. The number of aromatic nitrogens is 1. The molecule has 4 rings (SSSR count). The molecular weight excluding hydrogens is 416 g/mol. The minimum atomic E-state index is -0.139. The van der Waals surface area contributed by atoms with Gasteiger partial charge in [0.2, 0.25) is 0 Å². The zero-order chi connectivity index (χ0) is 23.6. The van der Waals surface area contributed by atoms with Crippen LogP contribution >= 0.6 is 0 Å². The Balaban J connectivity index is 1.56. The molecule has 33 heavy (non-hydrogen) atoms. The molecule has 0 aliphatic heterocycles. The molecule has 1 fully saturated rings. The van der Waals surface area contributed by atoms with E-state index in [1.165, 1.54) is 0 Å². The van der Waals surface area contributed by atoms with Crippen molar-refractivity contribution in [1.82, 2.24) is 5.16 Å². The maximum atomic E-state index is 13.1. The topological polar surface area (TPSA) is 92.8 Å². The van der Waals surface area contributed by atoms with Crippen molar-refractivity contribution in [2.75, 3.05) is 6.54 Å². The summed E-state index contributed by atoms with van der Waals surface area (Å²) in [6, 6.07) is 10.00. The Kier molecular flexibility index (Phi) is 6.63. The van der Waals surface area contributed by atoms with Crippen LogP contribution in [0, 0.1) is 5.41 Å². The molecule has 0 bridgehead atoms. The van der Waals surface area contributed by atoms with Gasteiger partial charge in [-0.1, -0.05) is 56.3 Å². The third-order valence-corrected chi connectivity index (χ3v) is 6.51. The van der Waals surface area contributed by atoms with Crippen LogP contribution in [0.2, 0.25) is 0 Å². The largest absolute Gasteiger partial charge is 0.511 e. The van der Waals surface area contributed by atoms with E-state index >= 15 is 0 Å². The molecule has 1 aromatic heterocycles. The summed E-state index contributed by atoms with van der Waals surface area (Å²) < 4.78 is 5.47. The van der Waals surface area contributed by atoms with E-state index in [1.807, 2.05) is 51.1 Å². The Labute approximate surface area is 194 Å². The average Bonchev–Trinajstić information content (AvgIpc) is 3.18. The maximum Gasteiger partial charge on any atom is 0.168 e. The van der Waals surface area contributed by atoms with E-state index in [0.29, 0.717) is 67.0 Å². The fraction of sp³-hybridized carbons (Fsp3) is 0.481. The summed E-state index contributed by atoms with van der Waals surface area (Å²) in [4.78, 5) is 30.5. The molecule has 0 saturated heterocycles. The summed E-state index contributed by atoms with van der Waals surface area (Å²) in [5.41, 5.74) is 3.13. The molecule has 1 N–H and O–H groups in total. The van der Waals surface area contributed by atoms with Crippen LogP contribution in [0.4, 0.5) is 0 Å². The number of benzene rings is 1. The first-order chi connectivity index (χ1) is 15.8. The van der Waals surface area contributed by atoms with Gasteiger partial charge in [0.15, 0.2) is 11.6 Å². The van der Waals surface area contributed by atoms with Crippen LogP contribution in [0.15, 0.2) is 51.2 Å². The van der Waals surface area contributed by atoms with Crippen molar-refractivity contribution in [3.05, 3.63) is 64.2 Å². The van der Waals surface area contributed by atoms with Gasteiger partial charge in [-0.15, -0.1) is 0 Å². The second-order valence-corrected chi connectivity index (χ2v) is 9.96. The summed E-state index contributed by atoms with van der Waals surface area (Å²) in [6.45, 7) is 6.74. The molecule has 1 atom stereocenters. The summed E-state index contributed by atoms with van der Waals surface area (Å²) in [6.07, 6.45) is 3.53. The van der Waals surface area contributed by atoms with Crippen molar-refractivity contribution in [3.63, 3.8) is 0 Å². The predicted octanol–water partition coefficient (Wildman–Crippen LogP) is 5.57. The van der Waals surface area contributed by atoms with Crippen molar-refractivity contribution < 1.29 is 19.2 Å². The molecular formula is C27H32N2O4. The summed E-state index contributed by atoms with van der Waals surface area (Å²) >= 11 is 0. The second kappa shape index (κ2) is 9.46. The standard InChI is InChI=1S/C27H32N2O4/c1-4-12-28-20-13-18(17-8-6-5-7-9-17)14-22(31)25(20)21(30)11-10-19-26-23(32)15-27(2,3)16-24(26)33-29-19/h5-9,18,30H,4,10-16H2,1-3H3/b25-21+,28-20?. The van der Waals surface area contributed by atoms with Crippen LogP contribution in [0.5, 0.6) is 0 Å². The SMILES string of the molecule is CCCN=C1CC(c2ccccc2)CC(=O)/C1=C(/O)CCc1noc2c1C(=O)CC(C)(C)C2. The number of Topliss-reactive ketones (excluding diaryl/α,β-unsaturated/α-hetero) is 2. The van der Waals surface area contributed by atoms with Gasteiger partial charge >= 0.3 is 0 Å². The lowest BCUT2D eigenvalue weighted by atomic mass is 9.76. The molecule has 6 nitrogen and oxygen atoms in total. The third-order valence-electron chi connectivity index (χ3n) is 6.51. The van der Waals surface area contributed by atoms with Crippen LogP contribution in [-0.2, 0) is 17.6 Å². The Morgan fingerprint density at radius 3 is 2.64 bits per heavy atom. The molecule has 0 spiro atoms. The van der Waals surface area contributed by atoms with Crippen molar-refractivity contribution >= 4 is 17.3 Å². The van der Waals surface area contributed by atoms with Crippen molar-refractivity contribution in [3.8, 4) is 0 Å². The monoisotopic (exact) mass is 448 g/mol. The van der Waals surface area contributed by atoms with E-state index in [1.54, 1.807) is 0 Å². The molecule has 0 amide bonds. The molecule has 1 aromatic carbocycles. The molecule has 2 aliphatic carbocycles. The number of hydrogen-bond acceptors (Lipinski definition) is 6. The predicted molar refractivity (Wildman–Crippen MR) is 127 cm³/mol. The van der Waals surface area contributed by atoms with Crippen molar-refractivity contribution in [2.24, 2.45) is 10.4 Å². The van der Waals surface area contributed by atoms with Gasteiger partial charge in [0, 0.05) is 44.4 Å². The highest BCUT2D eigenvalue weighted by molar-refractivity contribution is 6.24. The first kappa shape index (κ1) is 23.1. The van der Waals surface area contributed by atoms with E-state index in [0.717, 1.165) is 12.0 Å². The molecule has 2 aliphatic rings. The number of aliphatic hydroxyl groups excluding tert-OH is 1. The zero-order valence-electron chi connectivity index (χ0n) is 19.7. The highest BCUT2D eigenvalue weighted by atomic mass is 16.5. The number of hydrogen-bond donors (Lipinski definition) is 1. The van der Waals surface area contributed by atoms with Gasteiger partial charge < -0.3 is 9.63 Å². The minimum absolute atomic E-state index is 0.0294. The minimum Gasteiger partial charge on any atom is -0.511 e. The normalized spacial score (nSPS) is 23.0. The smallest absolute Gasteiger partial charge is 0.168 e. The molecule has 6 heteroatoms. The molecule has 1 unspecified atom stereocenters. The number of carbonyl (C=O) groups excluding carboxylic acids is 2. The Hall–Kier alpha value is -3.02. The summed E-state index contributed by atoms with van der Waals surface area (Å²) in [5, 5.41) is 15.1. The quantitative estimate of drug-likeness (QED) is 0.460. The fourth-order valence-corrected chi connectivity index (χ4v) is 4.93. The maximum absolute atomic E-state index is 13.1. The van der Waals surface area contributed by atoms with E-state index in [2.05, 4.69) is 10.1 Å². The van der Waals surface area contributed by atoms with Gasteiger partial charge in [0.25, 0.3) is 0 Å². The summed E-state index contributed by atoms with van der Waals surface area (Å²) in [5.74, 6) is 0.677. The number of allylic oxidation sites excluding steroid dienone is 2. The first-order valence-electron chi connectivity index (χ1n) is 11.8. The van der Waals surface area contributed by atoms with Crippen LogP contribution in [0.1, 0.15) is 86.2 Å². The number of aliphatic imine (C=N–C) groups is 1. The van der Waals surface area contributed by atoms with E-state index in [-0.39, 0.29) is 35.1 Å². The van der Waals surface area contributed by atoms with Gasteiger partial charge in [-0.25, -0.2) is 0 Å². The van der Waals surface area contributed by atoms with Gasteiger partial charge in [0.05, 0.1) is 16.8 Å². The number of fused-ring (bicyclic) bond motifs is 1. The highest BCUT2D eigenvalue weighted by Crippen LogP contribution is 2.37. The van der Waals surface area contributed by atoms with E-state index < -0.39 is 0 Å². The van der Waals surface area contributed by atoms with Gasteiger partial charge in [-0.3, -0.25) is 14.6 Å². The Morgan fingerprint density at radius 1 is 1.15 bits per heavy atom. The summed E-state index contributed by atoms with van der Waals surface area (Å²) in [7, 11) is 0. The van der Waals surface area contributed by atoms with E-state index in [9.17, 15) is 14.7 Å². The van der Waals surface area contributed by atoms with Crippen molar-refractivity contribution in [1.29, 1.82) is 0 Å². The fourth-order valence-electron chi connectivity index (χ4n) is 4.93. The number of rotatable bonds is 6. The first-order valence-corrected chi connectivity index (χ1v) is 11.8. The van der Waals surface area contributed by atoms with Crippen LogP contribution < -0.4 is 0 Å². The number of carbonyl (C=O) groups is 2. The van der Waals surface area contributed by atoms with Crippen molar-refractivity contribution in [2.45, 2.75) is 71.6 Å². The van der Waals surface area contributed by atoms with Crippen LogP contribution in [-0.4, -0.2) is 34.1 Å². The average molecular weight is 449 g/mol. The van der Waals surface area contributed by atoms with Gasteiger partial charge in [0.1, 0.15) is 11.5 Å². The Morgan fingerprint density at radius 2 is 1.91 bits per heavy atom. The lowest BCUT2D eigenvalue weighted by Crippen LogP contribution is -2.27. The zero-order valence-corrected chi connectivity index (χ0v) is 19.7. The lowest BCUT2D eigenvalue weighted by molar-refractivity contribution is -0.116.